The predicted molar refractivity (Wildman–Crippen MR) is 55.4 cm³/mol. The molecule has 0 atom stereocenters. The van der Waals surface area contributed by atoms with E-state index in [2.05, 4.69) is 12.1 Å². The van der Waals surface area contributed by atoms with Gasteiger partial charge < -0.3 is 0 Å². The van der Waals surface area contributed by atoms with Gasteiger partial charge >= 0.3 is 0 Å². The third kappa shape index (κ3) is 2.01. The van der Waals surface area contributed by atoms with Gasteiger partial charge in [0.25, 0.3) is 0 Å². The van der Waals surface area contributed by atoms with Crippen molar-refractivity contribution < 1.29 is 5.21 Å². The Morgan fingerprint density at radius 1 is 1.31 bits per heavy atom. The molecule has 1 heterocycles. The van der Waals surface area contributed by atoms with Crippen molar-refractivity contribution in [1.29, 1.82) is 0 Å². The molecule has 1 aromatic carbocycles. The number of hydrogen-bond donors (Lipinski definition) is 1. The molecule has 13 heavy (non-hydrogen) atoms. The summed E-state index contributed by atoms with van der Waals surface area (Å²) in [6.45, 7) is 6.77. The number of aryl methyl sites for hydroxylation is 1. The lowest BCUT2D eigenvalue weighted by Crippen LogP contribution is -2.13. The van der Waals surface area contributed by atoms with Crippen LogP contribution in [0.3, 0.4) is 0 Å². The predicted octanol–water partition coefficient (Wildman–Crippen LogP) is 2.77. The number of anilines is 1. The van der Waals surface area contributed by atoms with Gasteiger partial charge in [-0.15, -0.1) is 0 Å². The lowest BCUT2D eigenvalue weighted by Gasteiger charge is -2.09. The molecule has 1 aliphatic heterocycles. The molecular weight excluding hydrogens is 162 g/mol. The van der Waals surface area contributed by atoms with Crippen molar-refractivity contribution in [2.45, 2.75) is 27.2 Å². The molecule has 0 fully saturated rings. The SMILES string of the molecule is CC.Cc1ccc2c(c1)N(O)CC2. The molecule has 2 heteroatoms. The van der Waals surface area contributed by atoms with Crippen LogP contribution in [0, 0.1) is 6.92 Å². The van der Waals surface area contributed by atoms with Crippen molar-refractivity contribution in [1.82, 2.24) is 0 Å². The third-order valence-corrected chi connectivity index (χ3v) is 2.11. The van der Waals surface area contributed by atoms with E-state index in [-0.39, 0.29) is 0 Å². The molecule has 0 spiro atoms. The second-order valence-electron chi connectivity index (χ2n) is 3.01. The van der Waals surface area contributed by atoms with Crippen LogP contribution in [-0.2, 0) is 6.42 Å². The van der Waals surface area contributed by atoms with Crippen LogP contribution < -0.4 is 5.06 Å². The van der Waals surface area contributed by atoms with Crippen molar-refractivity contribution in [3.8, 4) is 0 Å². The normalized spacial score (nSPS) is 13.4. The number of hydroxylamine groups is 1. The van der Waals surface area contributed by atoms with Crippen LogP contribution in [0.2, 0.25) is 0 Å². The van der Waals surface area contributed by atoms with Crippen LogP contribution in [0.25, 0.3) is 0 Å². The van der Waals surface area contributed by atoms with Crippen molar-refractivity contribution in [2.75, 3.05) is 11.6 Å². The van der Waals surface area contributed by atoms with Gasteiger partial charge in [-0.05, 0) is 30.5 Å². The quantitative estimate of drug-likeness (QED) is 0.662. The van der Waals surface area contributed by atoms with E-state index in [9.17, 15) is 5.21 Å². The first-order valence-corrected chi connectivity index (χ1v) is 4.83. The van der Waals surface area contributed by atoms with E-state index >= 15 is 0 Å². The number of nitrogens with zero attached hydrogens (tertiary/aromatic N) is 1. The first-order chi connectivity index (χ1) is 6.27. The van der Waals surface area contributed by atoms with Gasteiger partial charge in [-0.3, -0.25) is 10.3 Å². The zero-order valence-corrected chi connectivity index (χ0v) is 8.54. The summed E-state index contributed by atoms with van der Waals surface area (Å²) >= 11 is 0. The fourth-order valence-corrected chi connectivity index (χ4v) is 1.47. The molecule has 0 saturated heterocycles. The van der Waals surface area contributed by atoms with Gasteiger partial charge in [-0.25, -0.2) is 0 Å². The standard InChI is InChI=1S/C9H11NO.C2H6/c1-7-2-3-8-4-5-10(11)9(8)6-7;1-2/h2-3,6,11H,4-5H2,1H3;1-2H3. The van der Waals surface area contributed by atoms with Crippen LogP contribution in [0.5, 0.6) is 0 Å². The highest BCUT2D eigenvalue weighted by Gasteiger charge is 2.16. The van der Waals surface area contributed by atoms with Crippen LogP contribution in [0.15, 0.2) is 18.2 Å². The van der Waals surface area contributed by atoms with E-state index in [1.54, 1.807) is 0 Å². The topological polar surface area (TPSA) is 23.5 Å². The Balaban J connectivity index is 0.000000396. The molecule has 0 aliphatic carbocycles. The smallest absolute Gasteiger partial charge is 0.0669 e. The molecule has 1 aromatic rings. The molecule has 0 unspecified atom stereocenters. The minimum Gasteiger partial charge on any atom is -0.288 e. The maximum atomic E-state index is 9.34. The van der Waals surface area contributed by atoms with Gasteiger partial charge in [-0.2, -0.15) is 0 Å². The molecule has 0 saturated carbocycles. The fourth-order valence-electron chi connectivity index (χ4n) is 1.47. The fraction of sp³-hybridized carbons (Fsp3) is 0.455. The van der Waals surface area contributed by atoms with Gasteiger partial charge in [0.2, 0.25) is 0 Å². The Kier molecular flexibility index (Phi) is 3.32. The number of rotatable bonds is 0. The number of hydrogen-bond acceptors (Lipinski definition) is 2. The van der Waals surface area contributed by atoms with Crippen molar-refractivity contribution in [3.63, 3.8) is 0 Å². The molecular formula is C11H17NO. The van der Waals surface area contributed by atoms with E-state index in [0.717, 1.165) is 18.7 Å². The van der Waals surface area contributed by atoms with Gasteiger partial charge in [0.05, 0.1) is 5.69 Å². The van der Waals surface area contributed by atoms with E-state index in [1.807, 2.05) is 26.8 Å². The number of benzene rings is 1. The summed E-state index contributed by atoms with van der Waals surface area (Å²) in [5.41, 5.74) is 3.42. The zero-order valence-electron chi connectivity index (χ0n) is 8.54. The largest absolute Gasteiger partial charge is 0.288 e. The van der Waals surface area contributed by atoms with Crippen LogP contribution in [-0.4, -0.2) is 11.8 Å². The second-order valence-corrected chi connectivity index (χ2v) is 3.01. The van der Waals surface area contributed by atoms with E-state index in [1.165, 1.54) is 16.2 Å². The molecule has 1 N–H and O–H groups in total. The van der Waals surface area contributed by atoms with Gasteiger partial charge in [0, 0.05) is 6.54 Å². The minimum atomic E-state index is 0.735. The summed E-state index contributed by atoms with van der Waals surface area (Å²) in [4.78, 5) is 0. The summed E-state index contributed by atoms with van der Waals surface area (Å²) in [6, 6.07) is 6.18. The first-order valence-electron chi connectivity index (χ1n) is 4.83. The highest BCUT2D eigenvalue weighted by Crippen LogP contribution is 2.26. The first kappa shape index (κ1) is 10.1. The Hall–Kier alpha value is -1.02. The van der Waals surface area contributed by atoms with Crippen LogP contribution >= 0.6 is 0 Å². The lowest BCUT2D eigenvalue weighted by atomic mass is 10.1. The third-order valence-electron chi connectivity index (χ3n) is 2.11. The Morgan fingerprint density at radius 2 is 2.00 bits per heavy atom. The maximum absolute atomic E-state index is 9.34. The molecule has 72 valence electrons. The summed E-state index contributed by atoms with van der Waals surface area (Å²) in [5, 5.41) is 10.7. The molecule has 0 radical (unpaired) electrons. The van der Waals surface area contributed by atoms with Crippen LogP contribution in [0.1, 0.15) is 25.0 Å². The summed E-state index contributed by atoms with van der Waals surface area (Å²) in [5.74, 6) is 0. The molecule has 0 aromatic heterocycles. The van der Waals surface area contributed by atoms with Crippen molar-refractivity contribution >= 4 is 5.69 Å². The average molecular weight is 179 g/mol. The monoisotopic (exact) mass is 179 g/mol. The second kappa shape index (κ2) is 4.28. The Labute approximate surface area is 79.8 Å². The van der Waals surface area contributed by atoms with Crippen molar-refractivity contribution in [2.24, 2.45) is 0 Å². The number of fused-ring (bicyclic) bond motifs is 1. The van der Waals surface area contributed by atoms with Gasteiger partial charge in [0.15, 0.2) is 0 Å². The Bertz CT molecular complexity index is 283. The molecule has 0 amide bonds. The highest BCUT2D eigenvalue weighted by molar-refractivity contribution is 5.57. The summed E-state index contributed by atoms with van der Waals surface area (Å²) in [7, 11) is 0. The summed E-state index contributed by atoms with van der Waals surface area (Å²) < 4.78 is 0. The molecule has 2 rings (SSSR count). The van der Waals surface area contributed by atoms with Gasteiger partial charge in [-0.1, -0.05) is 26.0 Å². The maximum Gasteiger partial charge on any atom is 0.0669 e. The van der Waals surface area contributed by atoms with E-state index < -0.39 is 0 Å². The summed E-state index contributed by atoms with van der Waals surface area (Å²) in [6.07, 6.45) is 0.964. The highest BCUT2D eigenvalue weighted by atomic mass is 16.5. The zero-order chi connectivity index (χ0) is 9.84. The van der Waals surface area contributed by atoms with Crippen molar-refractivity contribution in [3.05, 3.63) is 29.3 Å². The minimum absolute atomic E-state index is 0.735. The van der Waals surface area contributed by atoms with Gasteiger partial charge in [0.1, 0.15) is 0 Å². The molecule has 2 nitrogen and oxygen atoms in total. The van der Waals surface area contributed by atoms with Crippen LogP contribution in [0.4, 0.5) is 5.69 Å². The molecule has 0 bridgehead atoms. The molecule has 1 aliphatic rings. The Morgan fingerprint density at radius 3 is 2.69 bits per heavy atom. The lowest BCUT2D eigenvalue weighted by molar-refractivity contribution is 0.264. The van der Waals surface area contributed by atoms with E-state index in [0.29, 0.717) is 0 Å². The average Bonchev–Trinajstić information content (AvgIpc) is 2.52. The van der Waals surface area contributed by atoms with E-state index in [4.69, 9.17) is 0 Å².